The van der Waals surface area contributed by atoms with Crippen LogP contribution in [0.3, 0.4) is 0 Å². The molecular weight excluding hydrogens is 323 g/mol. The van der Waals surface area contributed by atoms with Crippen LogP contribution in [0.2, 0.25) is 0 Å². The zero-order valence-corrected chi connectivity index (χ0v) is 12.8. The Morgan fingerprint density at radius 2 is 1.71 bits per heavy atom. The Bertz CT molecular complexity index is 718. The van der Waals surface area contributed by atoms with Gasteiger partial charge < -0.3 is 20.5 Å². The summed E-state index contributed by atoms with van der Waals surface area (Å²) in [7, 11) is 1.54. The van der Waals surface area contributed by atoms with Crippen molar-refractivity contribution in [3.05, 3.63) is 54.1 Å². The molecule has 0 atom stereocenters. The van der Waals surface area contributed by atoms with E-state index in [1.165, 1.54) is 25.3 Å². The van der Waals surface area contributed by atoms with Crippen molar-refractivity contribution in [1.29, 1.82) is 0 Å². The van der Waals surface area contributed by atoms with Crippen molar-refractivity contribution in [3.8, 4) is 11.5 Å². The molecule has 0 amide bonds. The van der Waals surface area contributed by atoms with Crippen LogP contribution in [-0.4, -0.2) is 19.4 Å². The molecule has 0 aliphatic heterocycles. The number of ether oxygens (including phenoxy) is 2. The highest BCUT2D eigenvalue weighted by Gasteiger charge is 2.32. The molecule has 2 aromatic rings. The molecule has 8 heteroatoms. The molecule has 0 spiro atoms. The van der Waals surface area contributed by atoms with Gasteiger partial charge in [0.05, 0.1) is 19.3 Å². The van der Waals surface area contributed by atoms with Gasteiger partial charge in [0, 0.05) is 5.56 Å². The molecule has 128 valence electrons. The number of anilines is 1. The minimum absolute atomic E-state index is 0.0425. The van der Waals surface area contributed by atoms with Crippen LogP contribution in [0.5, 0.6) is 11.5 Å². The zero-order valence-electron chi connectivity index (χ0n) is 12.8. The lowest BCUT2D eigenvalue weighted by atomic mass is 10.2. The number of hydrogen-bond acceptors (Lipinski definition) is 3. The highest BCUT2D eigenvalue weighted by Crippen LogP contribution is 2.29. The first-order valence-corrected chi connectivity index (χ1v) is 6.92. The second-order valence-corrected chi connectivity index (χ2v) is 4.68. The number of nitrogens with zero attached hydrogens (tertiary/aromatic N) is 1. The van der Waals surface area contributed by atoms with Gasteiger partial charge >= 0.3 is 6.36 Å². The molecule has 3 N–H and O–H groups in total. The molecule has 0 aliphatic rings. The van der Waals surface area contributed by atoms with E-state index in [1.54, 1.807) is 12.1 Å². The summed E-state index contributed by atoms with van der Waals surface area (Å²) in [5, 5.41) is 2.60. The highest BCUT2D eigenvalue weighted by molar-refractivity contribution is 5.93. The molecule has 0 bridgehead atoms. The predicted octanol–water partition coefficient (Wildman–Crippen LogP) is 3.52. The van der Waals surface area contributed by atoms with Gasteiger partial charge in [-0.25, -0.2) is 4.99 Å². The van der Waals surface area contributed by atoms with Gasteiger partial charge in [0.1, 0.15) is 5.75 Å². The lowest BCUT2D eigenvalue weighted by molar-refractivity contribution is -0.274. The van der Waals surface area contributed by atoms with Gasteiger partial charge in [-0.2, -0.15) is 0 Å². The number of para-hydroxylation sites is 3. The number of rotatable bonds is 5. The fraction of sp³-hybridized carbons (Fsp3) is 0.188. The molecule has 0 unspecified atom stereocenters. The maximum Gasteiger partial charge on any atom is 0.573 e. The van der Waals surface area contributed by atoms with Crippen molar-refractivity contribution in [2.75, 3.05) is 12.4 Å². The molecule has 0 saturated carbocycles. The summed E-state index contributed by atoms with van der Waals surface area (Å²) in [6.07, 6.45) is -4.79. The normalized spacial score (nSPS) is 11.9. The monoisotopic (exact) mass is 339 g/mol. The first kappa shape index (κ1) is 17.5. The summed E-state index contributed by atoms with van der Waals surface area (Å²) in [5.74, 6) is 0.217. The topological polar surface area (TPSA) is 68.9 Å². The molecule has 0 fully saturated rings. The van der Waals surface area contributed by atoms with Crippen LogP contribution in [0.4, 0.5) is 18.9 Å². The third-order valence-corrected chi connectivity index (χ3v) is 2.99. The van der Waals surface area contributed by atoms with E-state index in [-0.39, 0.29) is 23.9 Å². The highest BCUT2D eigenvalue weighted by atomic mass is 19.4. The summed E-state index contributed by atoms with van der Waals surface area (Å²) < 4.78 is 46.3. The largest absolute Gasteiger partial charge is 0.573 e. The Balaban J connectivity index is 2.10. The first-order valence-electron chi connectivity index (χ1n) is 6.92. The number of guanidine groups is 1. The number of nitrogens with one attached hydrogen (secondary N) is 1. The van der Waals surface area contributed by atoms with Crippen molar-refractivity contribution in [1.82, 2.24) is 0 Å². The molecule has 2 rings (SSSR count). The van der Waals surface area contributed by atoms with Gasteiger partial charge in [-0.05, 0) is 18.2 Å². The van der Waals surface area contributed by atoms with Gasteiger partial charge in [0.15, 0.2) is 11.7 Å². The van der Waals surface area contributed by atoms with Crippen molar-refractivity contribution in [2.45, 2.75) is 12.9 Å². The molecule has 2 aromatic carbocycles. The minimum Gasteiger partial charge on any atom is -0.496 e. The Labute approximate surface area is 136 Å². The summed E-state index contributed by atoms with van der Waals surface area (Å²) in [4.78, 5) is 4.10. The van der Waals surface area contributed by atoms with Crippen LogP contribution in [0.1, 0.15) is 5.56 Å². The van der Waals surface area contributed by atoms with Gasteiger partial charge in [-0.3, -0.25) is 0 Å². The number of benzene rings is 2. The molecule has 0 aromatic heterocycles. The molecule has 5 nitrogen and oxygen atoms in total. The van der Waals surface area contributed by atoms with Crippen molar-refractivity contribution in [3.63, 3.8) is 0 Å². The Morgan fingerprint density at radius 1 is 1.08 bits per heavy atom. The SMILES string of the molecule is COc1ccccc1CN=C(N)Nc1ccccc1OC(F)(F)F. The van der Waals surface area contributed by atoms with E-state index in [0.29, 0.717) is 5.75 Å². The maximum atomic E-state index is 12.4. The lowest BCUT2D eigenvalue weighted by Gasteiger charge is -2.14. The van der Waals surface area contributed by atoms with Crippen LogP contribution in [0.15, 0.2) is 53.5 Å². The maximum absolute atomic E-state index is 12.4. The number of methoxy groups -OCH3 is 1. The third-order valence-electron chi connectivity index (χ3n) is 2.99. The second-order valence-electron chi connectivity index (χ2n) is 4.68. The van der Waals surface area contributed by atoms with Crippen LogP contribution in [-0.2, 0) is 6.54 Å². The van der Waals surface area contributed by atoms with E-state index in [0.717, 1.165) is 5.56 Å². The zero-order chi connectivity index (χ0) is 17.6. The summed E-state index contributed by atoms with van der Waals surface area (Å²) in [6, 6.07) is 12.8. The summed E-state index contributed by atoms with van der Waals surface area (Å²) in [5.41, 5.74) is 6.60. The van der Waals surface area contributed by atoms with Crippen molar-refractivity contribution < 1.29 is 22.6 Å². The van der Waals surface area contributed by atoms with E-state index < -0.39 is 6.36 Å². The van der Waals surface area contributed by atoms with Crippen LogP contribution >= 0.6 is 0 Å². The smallest absolute Gasteiger partial charge is 0.496 e. The number of aliphatic imine (C=N–C) groups is 1. The van der Waals surface area contributed by atoms with Gasteiger partial charge in [0.2, 0.25) is 0 Å². The van der Waals surface area contributed by atoms with E-state index in [4.69, 9.17) is 10.5 Å². The van der Waals surface area contributed by atoms with Crippen LogP contribution < -0.4 is 20.5 Å². The summed E-state index contributed by atoms with van der Waals surface area (Å²) in [6.45, 7) is 0.213. The molecule has 0 radical (unpaired) electrons. The molecule has 24 heavy (non-hydrogen) atoms. The fourth-order valence-electron chi connectivity index (χ4n) is 1.97. The standard InChI is InChI=1S/C16H16F3N3O2/c1-23-13-8-4-2-6-11(13)10-21-15(20)22-12-7-3-5-9-14(12)24-16(17,18)19/h2-9H,10H2,1H3,(H3,20,21,22). The quantitative estimate of drug-likeness (QED) is 0.646. The van der Waals surface area contributed by atoms with Crippen molar-refractivity contribution in [2.24, 2.45) is 10.7 Å². The van der Waals surface area contributed by atoms with Gasteiger partial charge in [-0.15, -0.1) is 13.2 Å². The van der Waals surface area contributed by atoms with Gasteiger partial charge in [0.25, 0.3) is 0 Å². The molecular formula is C16H16F3N3O2. The number of halogens is 3. The molecule has 0 saturated heterocycles. The van der Waals surface area contributed by atoms with Crippen molar-refractivity contribution >= 4 is 11.6 Å². The third kappa shape index (κ3) is 5.08. The lowest BCUT2D eigenvalue weighted by Crippen LogP contribution is -2.24. The predicted molar refractivity (Wildman–Crippen MR) is 85.1 cm³/mol. The Kier molecular flexibility index (Phi) is 5.51. The number of nitrogens with two attached hydrogens (primary N) is 1. The Hall–Kier alpha value is -2.90. The van der Waals surface area contributed by atoms with Gasteiger partial charge in [-0.1, -0.05) is 30.3 Å². The number of hydrogen-bond donors (Lipinski definition) is 2. The van der Waals surface area contributed by atoms with Crippen LogP contribution in [0, 0.1) is 0 Å². The molecule has 0 heterocycles. The average Bonchev–Trinajstić information content (AvgIpc) is 2.53. The fourth-order valence-corrected chi connectivity index (χ4v) is 1.97. The minimum atomic E-state index is -4.79. The molecule has 0 aliphatic carbocycles. The van der Waals surface area contributed by atoms with Crippen LogP contribution in [0.25, 0.3) is 0 Å². The van der Waals surface area contributed by atoms with E-state index in [1.807, 2.05) is 18.2 Å². The van der Waals surface area contributed by atoms with E-state index >= 15 is 0 Å². The first-order chi connectivity index (χ1) is 11.4. The average molecular weight is 339 g/mol. The number of alkyl halides is 3. The van der Waals surface area contributed by atoms with E-state index in [9.17, 15) is 13.2 Å². The summed E-state index contributed by atoms with van der Waals surface area (Å²) >= 11 is 0. The second kappa shape index (κ2) is 7.58. The van der Waals surface area contributed by atoms with E-state index in [2.05, 4.69) is 15.0 Å². The Morgan fingerprint density at radius 3 is 2.38 bits per heavy atom.